The summed E-state index contributed by atoms with van der Waals surface area (Å²) in [6.07, 6.45) is 0. The Hall–Kier alpha value is -1.17. The first-order valence-electron chi connectivity index (χ1n) is 5.19. The number of benzene rings is 1. The molecule has 3 nitrogen and oxygen atoms in total. The molecule has 0 bridgehead atoms. The van der Waals surface area contributed by atoms with Gasteiger partial charge < -0.3 is 10.7 Å². The molecule has 17 heavy (non-hydrogen) atoms. The quantitative estimate of drug-likeness (QED) is 0.761. The molecule has 0 saturated carbocycles. The normalized spacial score (nSPS) is 11.2. The van der Waals surface area contributed by atoms with Crippen LogP contribution in [0, 0.1) is 0 Å². The number of hydrogen-bond donors (Lipinski definition) is 2. The molecule has 0 atom stereocenters. The molecule has 3 N–H and O–H groups in total. The zero-order valence-electron chi connectivity index (χ0n) is 8.90. The monoisotopic (exact) mass is 307 g/mol. The van der Waals surface area contributed by atoms with E-state index >= 15 is 0 Å². The van der Waals surface area contributed by atoms with Crippen LogP contribution in [0.1, 0.15) is 5.56 Å². The largest absolute Gasteiger partial charge is 0.338 e. The van der Waals surface area contributed by atoms with Gasteiger partial charge in [-0.25, -0.2) is 4.98 Å². The van der Waals surface area contributed by atoms with E-state index in [1.807, 2.05) is 18.2 Å². The maximum Gasteiger partial charge on any atom is 0.139 e. The predicted octanol–water partition coefficient (Wildman–Crippen LogP) is 3.51. The van der Waals surface area contributed by atoms with Crippen molar-refractivity contribution in [2.75, 3.05) is 0 Å². The minimum atomic E-state index is 0.550. The fourth-order valence-corrected chi connectivity index (χ4v) is 2.90. The van der Waals surface area contributed by atoms with Crippen LogP contribution in [-0.4, -0.2) is 9.97 Å². The number of nitrogens with two attached hydrogens (primary N) is 1. The van der Waals surface area contributed by atoms with Gasteiger partial charge in [-0.2, -0.15) is 0 Å². The Bertz CT molecular complexity index is 671. The molecule has 0 fully saturated rings. The number of aromatic nitrogens is 2. The highest BCUT2D eigenvalue weighted by Crippen LogP contribution is 2.28. The average molecular weight is 308 g/mol. The second kappa shape index (κ2) is 4.25. The highest BCUT2D eigenvalue weighted by Gasteiger charge is 2.07. The Morgan fingerprint density at radius 1 is 1.35 bits per heavy atom. The number of fused-ring (bicyclic) bond motifs is 1. The van der Waals surface area contributed by atoms with E-state index in [0.717, 1.165) is 31.8 Å². The van der Waals surface area contributed by atoms with Gasteiger partial charge in [0.1, 0.15) is 5.82 Å². The van der Waals surface area contributed by atoms with Crippen LogP contribution in [0.15, 0.2) is 33.4 Å². The number of rotatable bonds is 2. The van der Waals surface area contributed by atoms with Crippen molar-refractivity contribution >= 4 is 38.3 Å². The van der Waals surface area contributed by atoms with Crippen LogP contribution >= 0.6 is 27.3 Å². The lowest BCUT2D eigenvalue weighted by molar-refractivity contribution is 1.07. The van der Waals surface area contributed by atoms with E-state index in [2.05, 4.69) is 37.3 Å². The average Bonchev–Trinajstić information content (AvgIpc) is 2.93. The number of H-pyrrole nitrogens is 1. The van der Waals surface area contributed by atoms with Gasteiger partial charge in [0.2, 0.25) is 0 Å². The highest BCUT2D eigenvalue weighted by atomic mass is 79.9. The standard InChI is InChI=1S/C12H10BrN3S/c13-11-4-8(6-17-11)12-15-9-2-1-7(5-14)3-10(9)16-12/h1-4,6H,5,14H2,(H,15,16). The van der Waals surface area contributed by atoms with Crippen molar-refractivity contribution in [1.29, 1.82) is 0 Å². The zero-order valence-corrected chi connectivity index (χ0v) is 11.3. The molecule has 1 aromatic carbocycles. The van der Waals surface area contributed by atoms with Crippen molar-refractivity contribution in [3.8, 4) is 11.4 Å². The summed E-state index contributed by atoms with van der Waals surface area (Å²) in [6.45, 7) is 0.550. The van der Waals surface area contributed by atoms with Gasteiger partial charge in [-0.1, -0.05) is 6.07 Å². The van der Waals surface area contributed by atoms with E-state index in [-0.39, 0.29) is 0 Å². The predicted molar refractivity (Wildman–Crippen MR) is 75.0 cm³/mol. The summed E-state index contributed by atoms with van der Waals surface area (Å²) in [6, 6.07) is 8.12. The van der Waals surface area contributed by atoms with E-state index in [4.69, 9.17) is 5.73 Å². The lowest BCUT2D eigenvalue weighted by Crippen LogP contribution is -1.95. The third kappa shape index (κ3) is 2.01. The van der Waals surface area contributed by atoms with Crippen molar-refractivity contribution in [3.63, 3.8) is 0 Å². The third-order valence-corrected chi connectivity index (χ3v) is 4.13. The first-order chi connectivity index (χ1) is 8.26. The van der Waals surface area contributed by atoms with Crippen molar-refractivity contribution < 1.29 is 0 Å². The molecule has 0 saturated heterocycles. The van der Waals surface area contributed by atoms with E-state index < -0.39 is 0 Å². The number of thiophene rings is 1. The molecule has 3 rings (SSSR count). The van der Waals surface area contributed by atoms with Gasteiger partial charge in [0, 0.05) is 17.5 Å². The fourth-order valence-electron chi connectivity index (χ4n) is 1.75. The molecule has 3 aromatic rings. The van der Waals surface area contributed by atoms with Crippen LogP contribution in [0.2, 0.25) is 0 Å². The molecular weight excluding hydrogens is 298 g/mol. The molecule has 86 valence electrons. The Kier molecular flexibility index (Phi) is 2.74. The van der Waals surface area contributed by atoms with Gasteiger partial charge in [-0.3, -0.25) is 0 Å². The number of nitrogens with zero attached hydrogens (tertiary/aromatic N) is 1. The topological polar surface area (TPSA) is 54.7 Å². The molecule has 0 aliphatic rings. The van der Waals surface area contributed by atoms with Gasteiger partial charge in [0.05, 0.1) is 14.8 Å². The molecule has 0 radical (unpaired) electrons. The lowest BCUT2D eigenvalue weighted by Gasteiger charge is -1.94. The minimum absolute atomic E-state index is 0.550. The van der Waals surface area contributed by atoms with Gasteiger partial charge in [-0.15, -0.1) is 11.3 Å². The number of imidazole rings is 1. The first-order valence-corrected chi connectivity index (χ1v) is 6.86. The van der Waals surface area contributed by atoms with E-state index in [1.54, 1.807) is 11.3 Å². The van der Waals surface area contributed by atoms with Crippen LogP contribution in [0.25, 0.3) is 22.4 Å². The maximum atomic E-state index is 5.62. The number of halogens is 1. The SMILES string of the molecule is NCc1ccc2nc(-c3csc(Br)c3)[nH]c2c1. The van der Waals surface area contributed by atoms with Crippen molar-refractivity contribution in [3.05, 3.63) is 39.0 Å². The van der Waals surface area contributed by atoms with Crippen LogP contribution in [0.5, 0.6) is 0 Å². The van der Waals surface area contributed by atoms with Gasteiger partial charge in [0.15, 0.2) is 0 Å². The molecule has 2 heterocycles. The minimum Gasteiger partial charge on any atom is -0.338 e. The van der Waals surface area contributed by atoms with Crippen LogP contribution < -0.4 is 5.73 Å². The van der Waals surface area contributed by atoms with Gasteiger partial charge in [-0.05, 0) is 39.7 Å². The van der Waals surface area contributed by atoms with Crippen molar-refractivity contribution in [2.24, 2.45) is 5.73 Å². The fraction of sp³-hybridized carbons (Fsp3) is 0.0833. The van der Waals surface area contributed by atoms with Crippen LogP contribution in [0.3, 0.4) is 0 Å². The Balaban J connectivity index is 2.13. The molecule has 0 amide bonds. The van der Waals surface area contributed by atoms with Crippen LogP contribution in [-0.2, 0) is 6.54 Å². The molecule has 2 aromatic heterocycles. The summed E-state index contributed by atoms with van der Waals surface area (Å²) >= 11 is 5.11. The lowest BCUT2D eigenvalue weighted by atomic mass is 10.2. The number of aromatic amines is 1. The van der Waals surface area contributed by atoms with Crippen molar-refractivity contribution in [2.45, 2.75) is 6.54 Å². The summed E-state index contributed by atoms with van der Waals surface area (Å²) in [5, 5.41) is 2.08. The molecule has 0 unspecified atom stereocenters. The van der Waals surface area contributed by atoms with E-state index in [9.17, 15) is 0 Å². The van der Waals surface area contributed by atoms with E-state index in [0.29, 0.717) is 6.54 Å². The summed E-state index contributed by atoms with van der Waals surface area (Å²) in [7, 11) is 0. The smallest absolute Gasteiger partial charge is 0.139 e. The summed E-state index contributed by atoms with van der Waals surface area (Å²) in [5.41, 5.74) is 9.84. The van der Waals surface area contributed by atoms with Gasteiger partial charge in [0.25, 0.3) is 0 Å². The Morgan fingerprint density at radius 3 is 2.94 bits per heavy atom. The third-order valence-electron chi connectivity index (χ3n) is 2.62. The maximum absolute atomic E-state index is 5.62. The molecule has 0 spiro atoms. The second-order valence-electron chi connectivity index (χ2n) is 3.78. The molecule has 5 heteroatoms. The first kappa shape index (κ1) is 11.0. The van der Waals surface area contributed by atoms with Crippen LogP contribution in [0.4, 0.5) is 0 Å². The van der Waals surface area contributed by atoms with E-state index in [1.165, 1.54) is 0 Å². The number of nitrogens with one attached hydrogen (secondary N) is 1. The Labute approximate surface area is 111 Å². The summed E-state index contributed by atoms with van der Waals surface area (Å²) < 4.78 is 1.11. The summed E-state index contributed by atoms with van der Waals surface area (Å²) in [5.74, 6) is 0.899. The summed E-state index contributed by atoms with van der Waals surface area (Å²) in [4.78, 5) is 7.88. The molecular formula is C12H10BrN3S. The number of hydrogen-bond acceptors (Lipinski definition) is 3. The highest BCUT2D eigenvalue weighted by molar-refractivity contribution is 9.11. The second-order valence-corrected chi connectivity index (χ2v) is 6.07. The Morgan fingerprint density at radius 2 is 2.24 bits per heavy atom. The zero-order chi connectivity index (χ0) is 11.8. The molecule has 0 aliphatic heterocycles. The molecule has 0 aliphatic carbocycles. The van der Waals surface area contributed by atoms with Crippen molar-refractivity contribution in [1.82, 2.24) is 9.97 Å². The van der Waals surface area contributed by atoms with Gasteiger partial charge >= 0.3 is 0 Å².